The monoisotopic (exact) mass is 254 g/mol. The van der Waals surface area contributed by atoms with Crippen LogP contribution in [0.3, 0.4) is 0 Å². The van der Waals surface area contributed by atoms with Crippen LogP contribution in [0.25, 0.3) is 0 Å². The molecular weight excluding hydrogens is 232 g/mol. The normalized spacial score (nSPS) is 17.3. The summed E-state index contributed by atoms with van der Waals surface area (Å²) in [6.45, 7) is 6.76. The van der Waals surface area contributed by atoms with E-state index in [-0.39, 0.29) is 12.2 Å². The highest BCUT2D eigenvalue weighted by Gasteiger charge is 2.27. The first-order valence-electron chi connectivity index (χ1n) is 6.43. The number of amides is 1. The number of nitrogens with zero attached hydrogens (tertiary/aromatic N) is 1. The summed E-state index contributed by atoms with van der Waals surface area (Å²) in [5.41, 5.74) is 1.99. The molecule has 0 unspecified atom stereocenters. The van der Waals surface area contributed by atoms with Gasteiger partial charge < -0.3 is 0 Å². The molecule has 1 rings (SSSR count). The second-order valence-electron chi connectivity index (χ2n) is 5.76. The molecule has 5 nitrogen and oxygen atoms in total. The third kappa shape index (κ3) is 4.56. The van der Waals surface area contributed by atoms with Gasteiger partial charge in [0, 0.05) is 18.5 Å². The standard InChI is InChI=1S/C13H22N2O3/c1-13(2,3)11(17)9-10(16)12(18)14-15-7-5-4-6-8-15/h4-9H2,1-3H3,(H,14,18). The zero-order valence-corrected chi connectivity index (χ0v) is 11.4. The average molecular weight is 254 g/mol. The third-order valence-corrected chi connectivity index (χ3v) is 3.03. The first kappa shape index (κ1) is 14.8. The van der Waals surface area contributed by atoms with Gasteiger partial charge in [-0.15, -0.1) is 0 Å². The molecule has 0 aromatic heterocycles. The van der Waals surface area contributed by atoms with Gasteiger partial charge >= 0.3 is 5.91 Å². The minimum atomic E-state index is -0.672. The maximum atomic E-state index is 11.7. The van der Waals surface area contributed by atoms with E-state index in [1.807, 2.05) is 0 Å². The molecule has 0 aromatic carbocycles. The average Bonchev–Trinajstić information content (AvgIpc) is 2.28. The zero-order valence-electron chi connectivity index (χ0n) is 11.4. The van der Waals surface area contributed by atoms with E-state index >= 15 is 0 Å². The molecule has 18 heavy (non-hydrogen) atoms. The van der Waals surface area contributed by atoms with Crippen LogP contribution >= 0.6 is 0 Å². The molecule has 1 aliphatic heterocycles. The van der Waals surface area contributed by atoms with Crippen LogP contribution < -0.4 is 5.43 Å². The molecule has 0 spiro atoms. The second-order valence-corrected chi connectivity index (χ2v) is 5.76. The fourth-order valence-corrected chi connectivity index (χ4v) is 1.70. The van der Waals surface area contributed by atoms with Gasteiger partial charge in [0.25, 0.3) is 0 Å². The molecule has 0 saturated carbocycles. The summed E-state index contributed by atoms with van der Waals surface area (Å²) in [6, 6.07) is 0. The molecule has 1 saturated heterocycles. The van der Waals surface area contributed by atoms with Crippen molar-refractivity contribution in [1.82, 2.24) is 10.4 Å². The van der Waals surface area contributed by atoms with Crippen molar-refractivity contribution in [2.75, 3.05) is 13.1 Å². The van der Waals surface area contributed by atoms with Gasteiger partial charge in [0.1, 0.15) is 5.78 Å². The van der Waals surface area contributed by atoms with Crippen LogP contribution in [0.5, 0.6) is 0 Å². The van der Waals surface area contributed by atoms with Crippen LogP contribution in [-0.2, 0) is 14.4 Å². The fourth-order valence-electron chi connectivity index (χ4n) is 1.70. The number of ketones is 2. The molecule has 1 heterocycles. The van der Waals surface area contributed by atoms with E-state index in [1.165, 1.54) is 0 Å². The Bertz CT molecular complexity index is 339. The molecule has 1 aliphatic rings. The Morgan fingerprint density at radius 2 is 1.61 bits per heavy atom. The third-order valence-electron chi connectivity index (χ3n) is 3.03. The van der Waals surface area contributed by atoms with Crippen LogP contribution in [0.2, 0.25) is 0 Å². The van der Waals surface area contributed by atoms with Crippen LogP contribution in [-0.4, -0.2) is 35.6 Å². The van der Waals surface area contributed by atoms with Crippen molar-refractivity contribution in [2.24, 2.45) is 5.41 Å². The molecule has 1 fully saturated rings. The largest absolute Gasteiger partial charge is 0.302 e. The summed E-state index contributed by atoms with van der Waals surface area (Å²) in [5.74, 6) is -1.53. The van der Waals surface area contributed by atoms with Gasteiger partial charge in [-0.2, -0.15) is 0 Å². The summed E-state index contributed by atoms with van der Waals surface area (Å²) >= 11 is 0. The Kier molecular flexibility index (Phi) is 5.02. The Balaban J connectivity index is 2.41. The van der Waals surface area contributed by atoms with E-state index in [9.17, 15) is 14.4 Å². The van der Waals surface area contributed by atoms with Crippen molar-refractivity contribution in [3.8, 4) is 0 Å². The van der Waals surface area contributed by atoms with Gasteiger partial charge in [-0.3, -0.25) is 19.8 Å². The maximum Gasteiger partial charge on any atom is 0.302 e. The van der Waals surface area contributed by atoms with E-state index in [4.69, 9.17) is 0 Å². The lowest BCUT2D eigenvalue weighted by molar-refractivity contribution is -0.144. The van der Waals surface area contributed by atoms with Crippen LogP contribution in [0.4, 0.5) is 0 Å². The number of carbonyl (C=O) groups is 3. The minimum Gasteiger partial charge on any atom is -0.299 e. The Morgan fingerprint density at radius 3 is 2.11 bits per heavy atom. The van der Waals surface area contributed by atoms with Crippen molar-refractivity contribution in [2.45, 2.75) is 46.5 Å². The second kappa shape index (κ2) is 6.09. The van der Waals surface area contributed by atoms with Gasteiger partial charge in [0.15, 0.2) is 0 Å². The van der Waals surface area contributed by atoms with Crippen molar-refractivity contribution in [3.63, 3.8) is 0 Å². The summed E-state index contributed by atoms with van der Waals surface area (Å²) in [5, 5.41) is 1.76. The highest BCUT2D eigenvalue weighted by Crippen LogP contribution is 2.16. The number of hydrogen-bond acceptors (Lipinski definition) is 4. The summed E-state index contributed by atoms with van der Waals surface area (Å²) in [6.07, 6.45) is 2.89. The Morgan fingerprint density at radius 1 is 1.06 bits per heavy atom. The van der Waals surface area contributed by atoms with Gasteiger partial charge in [-0.1, -0.05) is 27.2 Å². The first-order chi connectivity index (χ1) is 8.30. The van der Waals surface area contributed by atoms with Crippen molar-refractivity contribution >= 4 is 17.5 Å². The van der Waals surface area contributed by atoms with E-state index < -0.39 is 17.1 Å². The molecule has 1 N–H and O–H groups in total. The summed E-state index contributed by atoms with van der Waals surface area (Å²) in [4.78, 5) is 34.9. The highest BCUT2D eigenvalue weighted by atomic mass is 16.2. The quantitative estimate of drug-likeness (QED) is 0.602. The topological polar surface area (TPSA) is 66.5 Å². The predicted octanol–water partition coefficient (Wildman–Crippen LogP) is 1.08. The van der Waals surface area contributed by atoms with E-state index in [0.717, 1.165) is 32.4 Å². The molecule has 0 atom stereocenters. The molecule has 0 radical (unpaired) electrons. The minimum absolute atomic E-state index is 0.207. The van der Waals surface area contributed by atoms with Crippen LogP contribution in [0.1, 0.15) is 46.5 Å². The lowest BCUT2D eigenvalue weighted by Gasteiger charge is -2.26. The van der Waals surface area contributed by atoms with E-state index in [0.29, 0.717) is 0 Å². The van der Waals surface area contributed by atoms with Gasteiger partial charge in [-0.25, -0.2) is 5.01 Å². The summed E-state index contributed by atoms with van der Waals surface area (Å²) in [7, 11) is 0. The molecular formula is C13H22N2O3. The first-order valence-corrected chi connectivity index (χ1v) is 6.43. The van der Waals surface area contributed by atoms with Crippen molar-refractivity contribution in [1.29, 1.82) is 0 Å². The van der Waals surface area contributed by atoms with Gasteiger partial charge in [-0.05, 0) is 12.8 Å². The lowest BCUT2D eigenvalue weighted by Crippen LogP contribution is -2.48. The molecule has 5 heteroatoms. The number of rotatable bonds is 4. The fraction of sp³-hybridized carbons (Fsp3) is 0.769. The zero-order chi connectivity index (χ0) is 13.8. The molecule has 0 aromatic rings. The Hall–Kier alpha value is -1.23. The lowest BCUT2D eigenvalue weighted by atomic mass is 9.88. The number of hydrogen-bond donors (Lipinski definition) is 1. The van der Waals surface area contributed by atoms with Crippen molar-refractivity contribution in [3.05, 3.63) is 0 Å². The van der Waals surface area contributed by atoms with Crippen LogP contribution in [0, 0.1) is 5.41 Å². The highest BCUT2D eigenvalue weighted by molar-refractivity contribution is 6.39. The molecule has 0 bridgehead atoms. The maximum absolute atomic E-state index is 11.7. The summed E-state index contributed by atoms with van der Waals surface area (Å²) < 4.78 is 0. The molecule has 0 aliphatic carbocycles. The number of Topliss-reactive ketones (excluding diaryl/α,β-unsaturated/α-hetero) is 2. The van der Waals surface area contributed by atoms with Gasteiger partial charge in [0.2, 0.25) is 5.78 Å². The number of piperidine rings is 1. The predicted molar refractivity (Wildman–Crippen MR) is 67.7 cm³/mol. The van der Waals surface area contributed by atoms with Crippen molar-refractivity contribution < 1.29 is 14.4 Å². The number of nitrogens with one attached hydrogen (secondary N) is 1. The van der Waals surface area contributed by atoms with Gasteiger partial charge in [0.05, 0.1) is 6.42 Å². The number of carbonyl (C=O) groups excluding carboxylic acids is 3. The van der Waals surface area contributed by atoms with E-state index in [1.54, 1.807) is 25.8 Å². The Labute approximate surface area is 108 Å². The van der Waals surface area contributed by atoms with E-state index in [2.05, 4.69) is 5.43 Å². The SMILES string of the molecule is CC(C)(C)C(=O)CC(=O)C(=O)NN1CCCCC1. The van der Waals surface area contributed by atoms with Crippen LogP contribution in [0.15, 0.2) is 0 Å². The smallest absolute Gasteiger partial charge is 0.299 e. The molecule has 1 amide bonds. The number of hydrazine groups is 1. The molecule has 102 valence electrons.